The molecule has 1 spiro atoms. The molecule has 2 aliphatic carbocycles. The summed E-state index contributed by atoms with van der Waals surface area (Å²) in [4.78, 5) is 26.0. The Hall–Kier alpha value is -2.51. The highest BCUT2D eigenvalue weighted by atomic mass is 19.3. The highest BCUT2D eigenvalue weighted by Crippen LogP contribution is 2.71. The van der Waals surface area contributed by atoms with Gasteiger partial charge in [-0.1, -0.05) is 6.58 Å². The molecule has 4 atom stereocenters. The van der Waals surface area contributed by atoms with Gasteiger partial charge in [-0.05, 0) is 56.6 Å². The molecule has 3 heterocycles. The van der Waals surface area contributed by atoms with E-state index in [0.717, 1.165) is 30.2 Å². The van der Waals surface area contributed by atoms with Crippen molar-refractivity contribution in [3.63, 3.8) is 0 Å². The summed E-state index contributed by atoms with van der Waals surface area (Å²) in [6.45, 7) is 6.24. The van der Waals surface area contributed by atoms with Crippen molar-refractivity contribution in [3.05, 3.63) is 30.7 Å². The van der Waals surface area contributed by atoms with Gasteiger partial charge in [0.15, 0.2) is 0 Å². The minimum absolute atomic E-state index is 0.0217. The van der Waals surface area contributed by atoms with Crippen molar-refractivity contribution < 1.29 is 13.6 Å². The molecule has 0 radical (unpaired) electrons. The third-order valence-electron chi connectivity index (χ3n) is 7.44. The lowest BCUT2D eigenvalue weighted by atomic mass is 9.95. The molecule has 1 amide bonds. The molecule has 2 aromatic rings. The molecule has 3 fully saturated rings. The van der Waals surface area contributed by atoms with Crippen LogP contribution in [0.4, 0.5) is 14.6 Å². The molecular formula is C22H27F2N5O. The second-order valence-electron chi connectivity index (χ2n) is 9.25. The number of amides is 1. The number of carbonyl (C=O) groups is 1. The van der Waals surface area contributed by atoms with Crippen molar-refractivity contribution in [2.24, 2.45) is 5.41 Å². The van der Waals surface area contributed by atoms with Gasteiger partial charge in [0.1, 0.15) is 17.8 Å². The van der Waals surface area contributed by atoms with Crippen molar-refractivity contribution in [1.82, 2.24) is 19.9 Å². The third-order valence-corrected chi connectivity index (χ3v) is 7.44. The van der Waals surface area contributed by atoms with Crippen LogP contribution in [-0.4, -0.2) is 50.3 Å². The van der Waals surface area contributed by atoms with E-state index in [1.54, 1.807) is 0 Å². The maximum absolute atomic E-state index is 13.9. The van der Waals surface area contributed by atoms with Gasteiger partial charge in [0.05, 0.1) is 5.39 Å². The summed E-state index contributed by atoms with van der Waals surface area (Å²) in [6.07, 6.45) is 8.47. The fourth-order valence-corrected chi connectivity index (χ4v) is 5.53. The summed E-state index contributed by atoms with van der Waals surface area (Å²) >= 11 is 0. The van der Waals surface area contributed by atoms with Crippen molar-refractivity contribution in [3.8, 4) is 0 Å². The Morgan fingerprint density at radius 1 is 1.37 bits per heavy atom. The first kappa shape index (κ1) is 19.5. The summed E-state index contributed by atoms with van der Waals surface area (Å²) in [7, 11) is 0. The molecule has 1 aliphatic heterocycles. The van der Waals surface area contributed by atoms with Gasteiger partial charge in [-0.3, -0.25) is 4.79 Å². The summed E-state index contributed by atoms with van der Waals surface area (Å²) < 4.78 is 27.8. The number of carbonyl (C=O) groups excluding carboxylic acids is 1. The number of rotatable bonds is 4. The van der Waals surface area contributed by atoms with Crippen LogP contribution in [0.3, 0.4) is 0 Å². The lowest BCUT2D eigenvalue weighted by Crippen LogP contribution is -2.49. The number of fused-ring (bicyclic) bond motifs is 1. The number of H-pyrrole nitrogens is 1. The zero-order chi connectivity index (χ0) is 21.1. The predicted molar refractivity (Wildman–Crippen MR) is 110 cm³/mol. The Morgan fingerprint density at radius 2 is 2.17 bits per heavy atom. The summed E-state index contributed by atoms with van der Waals surface area (Å²) in [5, 5.41) is 4.40. The Bertz CT molecular complexity index is 1000. The SMILES string of the molecule is C=CC(=O)N1C[C@H](Nc2ncnc3[nH]cc([C@@H]4CC[C@]5(C4)CC5(F)F)c23)CC[C@@H]1C. The lowest BCUT2D eigenvalue weighted by Gasteiger charge is -2.38. The zero-order valence-electron chi connectivity index (χ0n) is 17.1. The van der Waals surface area contributed by atoms with Crippen molar-refractivity contribution in [2.75, 3.05) is 11.9 Å². The number of halogens is 2. The second kappa shape index (κ2) is 6.75. The Balaban J connectivity index is 1.40. The molecule has 30 heavy (non-hydrogen) atoms. The summed E-state index contributed by atoms with van der Waals surface area (Å²) in [5.74, 6) is -1.77. The summed E-state index contributed by atoms with van der Waals surface area (Å²) in [6, 6.07) is 0.241. The second-order valence-corrected chi connectivity index (χ2v) is 9.25. The van der Waals surface area contributed by atoms with Crippen LogP contribution in [0.5, 0.6) is 0 Å². The van der Waals surface area contributed by atoms with Crippen LogP contribution in [0.25, 0.3) is 11.0 Å². The number of alkyl halides is 2. The molecule has 0 unspecified atom stereocenters. The first-order valence-corrected chi connectivity index (χ1v) is 10.7. The molecule has 5 rings (SSSR count). The number of aromatic nitrogens is 3. The van der Waals surface area contributed by atoms with Crippen LogP contribution in [0.1, 0.15) is 56.9 Å². The first-order chi connectivity index (χ1) is 14.3. The van der Waals surface area contributed by atoms with Gasteiger partial charge in [0.25, 0.3) is 5.92 Å². The molecule has 2 saturated carbocycles. The average molecular weight is 415 g/mol. The summed E-state index contributed by atoms with van der Waals surface area (Å²) in [5.41, 5.74) is 0.945. The van der Waals surface area contributed by atoms with E-state index in [2.05, 4.69) is 26.8 Å². The fourth-order valence-electron chi connectivity index (χ4n) is 5.53. The van der Waals surface area contributed by atoms with Gasteiger partial charge in [-0.2, -0.15) is 0 Å². The van der Waals surface area contributed by atoms with Crippen LogP contribution < -0.4 is 5.32 Å². The van der Waals surface area contributed by atoms with Crippen molar-refractivity contribution in [1.29, 1.82) is 0 Å². The van der Waals surface area contributed by atoms with Gasteiger partial charge >= 0.3 is 0 Å². The van der Waals surface area contributed by atoms with E-state index in [9.17, 15) is 13.6 Å². The van der Waals surface area contributed by atoms with E-state index < -0.39 is 11.3 Å². The van der Waals surface area contributed by atoms with E-state index in [-0.39, 0.29) is 30.3 Å². The molecule has 2 N–H and O–H groups in total. The smallest absolute Gasteiger partial charge is 0.254 e. The lowest BCUT2D eigenvalue weighted by molar-refractivity contribution is -0.129. The molecular weight excluding hydrogens is 388 g/mol. The van der Waals surface area contributed by atoms with Crippen molar-refractivity contribution in [2.45, 2.75) is 69.4 Å². The van der Waals surface area contributed by atoms with Crippen LogP contribution in [0, 0.1) is 5.41 Å². The van der Waals surface area contributed by atoms with E-state index in [0.29, 0.717) is 30.9 Å². The largest absolute Gasteiger partial charge is 0.365 e. The van der Waals surface area contributed by atoms with Crippen LogP contribution >= 0.6 is 0 Å². The molecule has 6 nitrogen and oxygen atoms in total. The van der Waals surface area contributed by atoms with Crippen LogP contribution in [-0.2, 0) is 4.79 Å². The highest BCUT2D eigenvalue weighted by Gasteiger charge is 2.72. The third kappa shape index (κ3) is 2.99. The number of nitrogens with zero attached hydrogens (tertiary/aromatic N) is 3. The first-order valence-electron chi connectivity index (χ1n) is 10.7. The number of hydrogen-bond donors (Lipinski definition) is 2. The maximum atomic E-state index is 13.9. The minimum Gasteiger partial charge on any atom is -0.365 e. The monoisotopic (exact) mass is 415 g/mol. The Kier molecular flexibility index (Phi) is 4.38. The van der Waals surface area contributed by atoms with Gasteiger partial charge in [0.2, 0.25) is 5.91 Å². The number of piperidine rings is 1. The molecule has 0 aromatic carbocycles. The van der Waals surface area contributed by atoms with Gasteiger partial charge < -0.3 is 15.2 Å². The standard InChI is InChI=1S/C22H27F2N5O/c1-3-17(30)29-10-15(5-4-13(29)2)28-20-18-16(9-25-19(18)26-12-27-20)14-6-7-21(8-14)11-22(21,23)24/h3,9,12-15H,1,4-8,10-11H2,2H3,(H2,25,26,27,28)/t13-,14+,15+,21-/m0/s1. The highest BCUT2D eigenvalue weighted by molar-refractivity contribution is 5.91. The Labute approximate surface area is 174 Å². The predicted octanol–water partition coefficient (Wildman–Crippen LogP) is 4.23. The van der Waals surface area contributed by atoms with E-state index in [1.807, 2.05) is 18.0 Å². The van der Waals surface area contributed by atoms with Gasteiger partial charge in [-0.25, -0.2) is 18.7 Å². The number of hydrogen-bond acceptors (Lipinski definition) is 4. The number of anilines is 1. The van der Waals surface area contributed by atoms with Crippen LogP contribution in [0.2, 0.25) is 0 Å². The van der Waals surface area contributed by atoms with Gasteiger partial charge in [0, 0.05) is 36.7 Å². The quantitative estimate of drug-likeness (QED) is 0.733. The van der Waals surface area contributed by atoms with E-state index in [4.69, 9.17) is 0 Å². The molecule has 2 aromatic heterocycles. The van der Waals surface area contributed by atoms with Crippen molar-refractivity contribution >= 4 is 22.8 Å². The maximum Gasteiger partial charge on any atom is 0.254 e. The normalized spacial score (nSPS) is 32.5. The fraction of sp³-hybridized carbons (Fsp3) is 0.591. The van der Waals surface area contributed by atoms with Gasteiger partial charge in [-0.15, -0.1) is 0 Å². The molecule has 0 bridgehead atoms. The van der Waals surface area contributed by atoms with E-state index in [1.165, 1.54) is 12.4 Å². The zero-order valence-corrected chi connectivity index (χ0v) is 17.1. The number of likely N-dealkylation sites (tertiary alicyclic amines) is 1. The molecule has 8 heteroatoms. The number of nitrogens with one attached hydrogen (secondary N) is 2. The minimum atomic E-state index is -2.51. The average Bonchev–Trinajstić information content (AvgIpc) is 3.10. The topological polar surface area (TPSA) is 73.9 Å². The van der Waals surface area contributed by atoms with Crippen LogP contribution in [0.15, 0.2) is 25.2 Å². The van der Waals surface area contributed by atoms with E-state index >= 15 is 0 Å². The molecule has 3 aliphatic rings. The Morgan fingerprint density at radius 3 is 2.87 bits per heavy atom. The number of aromatic amines is 1. The molecule has 160 valence electrons. The molecule has 1 saturated heterocycles.